The van der Waals surface area contributed by atoms with E-state index in [2.05, 4.69) is 25.6 Å². The maximum Gasteiger partial charge on any atom is 0.409 e. The third-order valence-corrected chi connectivity index (χ3v) is 2.57. The smallest absolute Gasteiger partial charge is 0.409 e. The molecule has 0 fully saturated rings. The topological polar surface area (TPSA) is 100 Å². The number of benzene rings is 1. The van der Waals surface area contributed by atoms with Gasteiger partial charge in [0.05, 0.1) is 0 Å². The number of carbonyl (C=O) groups is 1. The van der Waals surface area contributed by atoms with E-state index in [4.69, 9.17) is 16.7 Å². The van der Waals surface area contributed by atoms with E-state index < -0.39 is 6.09 Å². The lowest BCUT2D eigenvalue weighted by Crippen LogP contribution is -2.13. The number of aromatic nitrogens is 3. The molecule has 0 aliphatic carbocycles. The van der Waals surface area contributed by atoms with Crippen LogP contribution in [0.1, 0.15) is 13.8 Å². The molecule has 0 bridgehead atoms. The summed E-state index contributed by atoms with van der Waals surface area (Å²) >= 11 is 5.90. The quantitative estimate of drug-likeness (QED) is 0.802. The molecule has 3 N–H and O–H groups in total. The van der Waals surface area contributed by atoms with Crippen molar-refractivity contribution in [3.8, 4) is 11.4 Å². The fourth-order valence-corrected chi connectivity index (χ4v) is 1.82. The van der Waals surface area contributed by atoms with Gasteiger partial charge in [0.25, 0.3) is 0 Å². The van der Waals surface area contributed by atoms with Crippen LogP contribution in [0.4, 0.5) is 16.4 Å². The van der Waals surface area contributed by atoms with Gasteiger partial charge in [-0.1, -0.05) is 12.1 Å². The lowest BCUT2D eigenvalue weighted by atomic mass is 10.2. The van der Waals surface area contributed by atoms with E-state index in [1.54, 1.807) is 24.3 Å². The summed E-state index contributed by atoms with van der Waals surface area (Å²) in [5, 5.41) is 14.1. The van der Waals surface area contributed by atoms with Gasteiger partial charge in [-0.25, -0.2) is 4.79 Å². The van der Waals surface area contributed by atoms with Crippen molar-refractivity contribution >= 4 is 29.3 Å². The highest BCUT2D eigenvalue weighted by Gasteiger charge is 2.09. The van der Waals surface area contributed by atoms with Gasteiger partial charge >= 0.3 is 6.09 Å². The maximum absolute atomic E-state index is 10.7. The Morgan fingerprint density at radius 1 is 1.29 bits per heavy atom. The highest BCUT2D eigenvalue weighted by atomic mass is 35.5. The molecule has 110 valence electrons. The minimum absolute atomic E-state index is 0.0692. The molecule has 1 amide bonds. The fourth-order valence-electron chi connectivity index (χ4n) is 1.66. The molecule has 0 aliphatic rings. The third-order valence-electron chi connectivity index (χ3n) is 2.40. The van der Waals surface area contributed by atoms with Gasteiger partial charge in [0.1, 0.15) is 0 Å². The van der Waals surface area contributed by atoms with Crippen LogP contribution < -0.4 is 10.6 Å². The molecule has 0 saturated heterocycles. The summed E-state index contributed by atoms with van der Waals surface area (Å²) in [5.41, 5.74) is 1.06. The molecule has 21 heavy (non-hydrogen) atoms. The van der Waals surface area contributed by atoms with Crippen molar-refractivity contribution in [3.05, 3.63) is 29.5 Å². The summed E-state index contributed by atoms with van der Waals surface area (Å²) in [5.74, 6) is 0.740. The molecule has 1 aromatic carbocycles. The molecule has 2 aromatic rings. The molecule has 8 heteroatoms. The summed E-state index contributed by atoms with van der Waals surface area (Å²) in [6.45, 7) is 3.91. The molecular formula is C13H14ClN5O2. The van der Waals surface area contributed by atoms with Gasteiger partial charge in [-0.3, -0.25) is 5.32 Å². The first-order chi connectivity index (χ1) is 9.94. The molecule has 7 nitrogen and oxygen atoms in total. The van der Waals surface area contributed by atoms with Gasteiger partial charge in [-0.05, 0) is 37.6 Å². The number of carboxylic acid groups (broad SMARTS) is 1. The van der Waals surface area contributed by atoms with Crippen molar-refractivity contribution in [1.82, 2.24) is 15.0 Å². The van der Waals surface area contributed by atoms with Gasteiger partial charge in [0, 0.05) is 17.3 Å². The molecule has 0 aliphatic heterocycles. The van der Waals surface area contributed by atoms with Crippen molar-refractivity contribution in [2.24, 2.45) is 0 Å². The van der Waals surface area contributed by atoms with Crippen LogP contribution in [0.15, 0.2) is 24.3 Å². The minimum atomic E-state index is -1.14. The summed E-state index contributed by atoms with van der Waals surface area (Å²) < 4.78 is 0. The predicted octanol–water partition coefficient (Wildman–Crippen LogP) is 3.10. The van der Waals surface area contributed by atoms with E-state index in [0.29, 0.717) is 23.0 Å². The zero-order valence-corrected chi connectivity index (χ0v) is 12.2. The van der Waals surface area contributed by atoms with Crippen LogP contribution in [-0.4, -0.2) is 32.2 Å². The van der Waals surface area contributed by atoms with Crippen LogP contribution in [0.25, 0.3) is 11.4 Å². The first-order valence-electron chi connectivity index (χ1n) is 6.22. The minimum Gasteiger partial charge on any atom is -0.465 e. The fraction of sp³-hybridized carbons (Fsp3) is 0.231. The Morgan fingerprint density at radius 2 is 2.05 bits per heavy atom. The second-order valence-electron chi connectivity index (χ2n) is 4.56. The van der Waals surface area contributed by atoms with E-state index in [0.717, 1.165) is 0 Å². The number of anilines is 2. The number of halogens is 1. The maximum atomic E-state index is 10.7. The number of amides is 1. The van der Waals surface area contributed by atoms with Crippen molar-refractivity contribution < 1.29 is 9.90 Å². The van der Waals surface area contributed by atoms with E-state index in [-0.39, 0.29) is 11.3 Å². The zero-order valence-electron chi connectivity index (χ0n) is 11.5. The molecule has 0 atom stereocenters. The van der Waals surface area contributed by atoms with E-state index >= 15 is 0 Å². The summed E-state index contributed by atoms with van der Waals surface area (Å²) in [4.78, 5) is 23.0. The van der Waals surface area contributed by atoms with Crippen LogP contribution in [0, 0.1) is 0 Å². The number of nitrogens with one attached hydrogen (secondary N) is 2. The zero-order chi connectivity index (χ0) is 15.4. The SMILES string of the molecule is CC(C)Nc1nc(Cl)nc(-c2cccc(NC(=O)O)c2)n1. The lowest BCUT2D eigenvalue weighted by Gasteiger charge is -2.10. The van der Waals surface area contributed by atoms with E-state index in [9.17, 15) is 4.79 Å². The van der Waals surface area contributed by atoms with E-state index in [1.165, 1.54) is 0 Å². The summed E-state index contributed by atoms with van der Waals surface area (Å²) in [6, 6.07) is 6.87. The monoisotopic (exact) mass is 307 g/mol. The van der Waals surface area contributed by atoms with Crippen molar-refractivity contribution in [2.75, 3.05) is 10.6 Å². The Labute approximate surface area is 126 Å². The first kappa shape index (κ1) is 15.0. The predicted molar refractivity (Wildman–Crippen MR) is 80.7 cm³/mol. The van der Waals surface area contributed by atoms with Gasteiger partial charge < -0.3 is 10.4 Å². The van der Waals surface area contributed by atoms with Crippen LogP contribution in [0.2, 0.25) is 5.28 Å². The number of rotatable bonds is 4. The molecule has 1 aromatic heterocycles. The molecular weight excluding hydrogens is 294 g/mol. The van der Waals surface area contributed by atoms with Crippen LogP contribution in [-0.2, 0) is 0 Å². The summed E-state index contributed by atoms with van der Waals surface area (Å²) in [7, 11) is 0. The first-order valence-corrected chi connectivity index (χ1v) is 6.60. The van der Waals surface area contributed by atoms with Crippen LogP contribution in [0.3, 0.4) is 0 Å². The lowest BCUT2D eigenvalue weighted by molar-refractivity contribution is 0.210. The Morgan fingerprint density at radius 3 is 2.71 bits per heavy atom. The Bertz CT molecular complexity index is 663. The molecule has 0 spiro atoms. The normalized spacial score (nSPS) is 10.5. The molecule has 0 saturated carbocycles. The van der Waals surface area contributed by atoms with Gasteiger partial charge in [-0.15, -0.1) is 0 Å². The van der Waals surface area contributed by atoms with Crippen LogP contribution >= 0.6 is 11.6 Å². The van der Waals surface area contributed by atoms with Crippen LogP contribution in [0.5, 0.6) is 0 Å². The van der Waals surface area contributed by atoms with E-state index in [1.807, 2.05) is 13.8 Å². The second kappa shape index (κ2) is 6.36. The average molecular weight is 308 g/mol. The van der Waals surface area contributed by atoms with Crippen molar-refractivity contribution in [2.45, 2.75) is 19.9 Å². The number of hydrogen-bond donors (Lipinski definition) is 3. The van der Waals surface area contributed by atoms with Gasteiger partial charge in [0.15, 0.2) is 5.82 Å². The standard InChI is InChI=1S/C13H14ClN5O2/c1-7(2)15-12-18-10(17-11(14)19-12)8-4-3-5-9(6-8)16-13(20)21/h3-7,16H,1-2H3,(H,20,21)(H,15,17,18,19). The Kier molecular flexibility index (Phi) is 4.54. The number of hydrogen-bond acceptors (Lipinski definition) is 5. The second-order valence-corrected chi connectivity index (χ2v) is 4.90. The van der Waals surface area contributed by atoms with Crippen molar-refractivity contribution in [1.29, 1.82) is 0 Å². The largest absolute Gasteiger partial charge is 0.465 e. The Hall–Kier alpha value is -2.41. The molecule has 1 heterocycles. The highest BCUT2D eigenvalue weighted by molar-refractivity contribution is 6.28. The molecule has 0 unspecified atom stereocenters. The van der Waals surface area contributed by atoms with Gasteiger partial charge in [0.2, 0.25) is 11.2 Å². The average Bonchev–Trinajstić information content (AvgIpc) is 2.36. The third kappa shape index (κ3) is 4.28. The number of nitrogens with zero attached hydrogens (tertiary/aromatic N) is 3. The molecule has 2 rings (SSSR count). The highest BCUT2D eigenvalue weighted by Crippen LogP contribution is 2.21. The summed E-state index contributed by atoms with van der Waals surface area (Å²) in [6.07, 6.45) is -1.14. The molecule has 0 radical (unpaired) electrons. The van der Waals surface area contributed by atoms with Crippen molar-refractivity contribution in [3.63, 3.8) is 0 Å². The van der Waals surface area contributed by atoms with Gasteiger partial charge in [-0.2, -0.15) is 15.0 Å². The Balaban J connectivity index is 2.36.